The number of carbonyl (C=O) groups excluding carboxylic acids is 2. The van der Waals surface area contributed by atoms with Gasteiger partial charge in [0.2, 0.25) is 0 Å². The summed E-state index contributed by atoms with van der Waals surface area (Å²) in [6.07, 6.45) is 4.81. The summed E-state index contributed by atoms with van der Waals surface area (Å²) in [5.74, 6) is -0.604. The molecule has 0 unspecified atom stereocenters. The van der Waals surface area contributed by atoms with Crippen molar-refractivity contribution in [2.24, 2.45) is 0 Å². The summed E-state index contributed by atoms with van der Waals surface area (Å²) in [6, 6.07) is 8.88. The van der Waals surface area contributed by atoms with E-state index in [1.54, 1.807) is 56.0 Å². The molecule has 6 heteroatoms. The molecule has 0 aliphatic carbocycles. The third-order valence-electron chi connectivity index (χ3n) is 3.54. The molecule has 2 aromatic heterocycles. The normalized spacial score (nSPS) is 10.5. The van der Waals surface area contributed by atoms with Gasteiger partial charge in [-0.1, -0.05) is 0 Å². The van der Waals surface area contributed by atoms with Crippen molar-refractivity contribution in [3.8, 4) is 5.75 Å². The minimum absolute atomic E-state index is 0.277. The van der Waals surface area contributed by atoms with Crippen LogP contribution in [0.15, 0.2) is 48.9 Å². The van der Waals surface area contributed by atoms with Gasteiger partial charge in [0, 0.05) is 36.0 Å². The van der Waals surface area contributed by atoms with E-state index in [2.05, 4.69) is 15.3 Å². The Hall–Kier alpha value is -3.15. The number of H-pyrrole nitrogens is 1. The molecule has 0 fully saturated rings. The molecule has 0 spiro atoms. The zero-order chi connectivity index (χ0) is 16.2. The summed E-state index contributed by atoms with van der Waals surface area (Å²) in [5, 5.41) is 3.28. The number of fused-ring (bicyclic) bond motifs is 1. The SMILES string of the molecule is COc1ccc2[nH]cc(C(=O)C(=O)NCc3ccncc3)c2c1. The molecule has 0 aliphatic heterocycles. The first kappa shape index (κ1) is 14.8. The molecule has 3 rings (SSSR count). The molecule has 0 aliphatic rings. The van der Waals surface area contributed by atoms with Crippen molar-refractivity contribution in [1.29, 1.82) is 0 Å². The van der Waals surface area contributed by atoms with Crippen LogP contribution in [-0.4, -0.2) is 28.8 Å². The Labute approximate surface area is 132 Å². The van der Waals surface area contributed by atoms with Gasteiger partial charge < -0.3 is 15.0 Å². The maximum atomic E-state index is 12.4. The first-order valence-corrected chi connectivity index (χ1v) is 7.05. The lowest BCUT2D eigenvalue weighted by Gasteiger charge is -2.04. The highest BCUT2D eigenvalue weighted by atomic mass is 16.5. The number of ether oxygens (including phenoxy) is 1. The van der Waals surface area contributed by atoms with Gasteiger partial charge in [-0.3, -0.25) is 14.6 Å². The molecule has 0 saturated heterocycles. The van der Waals surface area contributed by atoms with E-state index in [4.69, 9.17) is 4.74 Å². The number of nitrogens with zero attached hydrogens (tertiary/aromatic N) is 1. The van der Waals surface area contributed by atoms with Crippen LogP contribution >= 0.6 is 0 Å². The third-order valence-corrected chi connectivity index (χ3v) is 3.54. The van der Waals surface area contributed by atoms with Gasteiger partial charge in [-0.15, -0.1) is 0 Å². The Morgan fingerprint density at radius 3 is 2.74 bits per heavy atom. The second-order valence-electron chi connectivity index (χ2n) is 4.98. The zero-order valence-electron chi connectivity index (χ0n) is 12.5. The van der Waals surface area contributed by atoms with Crippen LogP contribution in [-0.2, 0) is 11.3 Å². The fourth-order valence-electron chi connectivity index (χ4n) is 2.30. The summed E-state index contributed by atoms with van der Waals surface area (Å²) < 4.78 is 5.16. The van der Waals surface area contributed by atoms with Crippen molar-refractivity contribution in [2.75, 3.05) is 7.11 Å². The monoisotopic (exact) mass is 309 g/mol. The largest absolute Gasteiger partial charge is 0.497 e. The summed E-state index contributed by atoms with van der Waals surface area (Å²) in [4.78, 5) is 31.3. The topological polar surface area (TPSA) is 84.1 Å². The van der Waals surface area contributed by atoms with Crippen LogP contribution in [0.2, 0.25) is 0 Å². The number of Topliss-reactive ketones (excluding diaryl/α,β-unsaturated/α-hetero) is 1. The molecule has 0 bridgehead atoms. The van der Waals surface area contributed by atoms with E-state index in [0.29, 0.717) is 16.7 Å². The van der Waals surface area contributed by atoms with E-state index < -0.39 is 11.7 Å². The highest BCUT2D eigenvalue weighted by Gasteiger charge is 2.20. The van der Waals surface area contributed by atoms with Gasteiger partial charge in [-0.05, 0) is 35.9 Å². The Morgan fingerprint density at radius 1 is 1.22 bits per heavy atom. The van der Waals surface area contributed by atoms with Crippen LogP contribution in [0, 0.1) is 0 Å². The number of benzene rings is 1. The molecule has 2 N–H and O–H groups in total. The molecular formula is C17H15N3O3. The smallest absolute Gasteiger partial charge is 0.292 e. The standard InChI is InChI=1S/C17H15N3O3/c1-23-12-2-3-15-13(8-12)14(10-19-15)16(21)17(22)20-9-11-4-6-18-7-5-11/h2-8,10,19H,9H2,1H3,(H,20,22). The quantitative estimate of drug-likeness (QED) is 0.558. The first-order valence-electron chi connectivity index (χ1n) is 7.05. The second-order valence-corrected chi connectivity index (χ2v) is 4.98. The average Bonchev–Trinajstić information content (AvgIpc) is 3.02. The molecule has 1 amide bonds. The lowest BCUT2D eigenvalue weighted by atomic mass is 10.1. The van der Waals surface area contributed by atoms with Gasteiger partial charge in [-0.2, -0.15) is 0 Å². The van der Waals surface area contributed by atoms with Gasteiger partial charge in [0.1, 0.15) is 5.75 Å². The fraction of sp³-hybridized carbons (Fsp3) is 0.118. The maximum absolute atomic E-state index is 12.4. The molecule has 3 aromatic rings. The number of amides is 1. The Bertz CT molecular complexity index is 856. The average molecular weight is 309 g/mol. The molecule has 0 atom stereocenters. The van der Waals surface area contributed by atoms with Gasteiger partial charge in [0.15, 0.2) is 0 Å². The van der Waals surface area contributed by atoms with Crippen LogP contribution in [0.1, 0.15) is 15.9 Å². The highest BCUT2D eigenvalue weighted by Crippen LogP contribution is 2.23. The van der Waals surface area contributed by atoms with Gasteiger partial charge in [-0.25, -0.2) is 0 Å². The Balaban J connectivity index is 1.78. The van der Waals surface area contributed by atoms with E-state index in [1.165, 1.54) is 0 Å². The number of methoxy groups -OCH3 is 1. The zero-order valence-corrected chi connectivity index (χ0v) is 12.5. The number of carbonyl (C=O) groups is 2. The summed E-state index contributed by atoms with van der Waals surface area (Å²) in [5.41, 5.74) is 1.98. The van der Waals surface area contributed by atoms with Crippen LogP contribution in [0.5, 0.6) is 5.75 Å². The Kier molecular flexibility index (Phi) is 4.05. The van der Waals surface area contributed by atoms with Crippen molar-refractivity contribution < 1.29 is 14.3 Å². The number of aromatic amines is 1. The predicted octanol–water partition coefficient (Wildman–Crippen LogP) is 2.07. The summed E-state index contributed by atoms with van der Waals surface area (Å²) in [6.45, 7) is 0.277. The van der Waals surface area contributed by atoms with E-state index in [9.17, 15) is 9.59 Å². The minimum atomic E-state index is -0.648. The van der Waals surface area contributed by atoms with Gasteiger partial charge >= 0.3 is 0 Å². The van der Waals surface area contributed by atoms with Crippen molar-refractivity contribution in [3.63, 3.8) is 0 Å². The molecule has 1 aromatic carbocycles. The lowest BCUT2D eigenvalue weighted by Crippen LogP contribution is -2.30. The number of hydrogen-bond donors (Lipinski definition) is 2. The number of ketones is 1. The van der Waals surface area contributed by atoms with E-state index in [1.807, 2.05) is 0 Å². The van der Waals surface area contributed by atoms with E-state index >= 15 is 0 Å². The summed E-state index contributed by atoms with van der Waals surface area (Å²) in [7, 11) is 1.55. The molecular weight excluding hydrogens is 294 g/mol. The number of nitrogens with one attached hydrogen (secondary N) is 2. The van der Waals surface area contributed by atoms with Crippen molar-refractivity contribution in [3.05, 3.63) is 60.0 Å². The molecule has 116 valence electrons. The minimum Gasteiger partial charge on any atom is -0.497 e. The first-order chi connectivity index (χ1) is 11.2. The van der Waals surface area contributed by atoms with Crippen molar-refractivity contribution >= 4 is 22.6 Å². The van der Waals surface area contributed by atoms with Gasteiger partial charge in [0.25, 0.3) is 11.7 Å². The van der Waals surface area contributed by atoms with Gasteiger partial charge in [0.05, 0.1) is 12.7 Å². The van der Waals surface area contributed by atoms with Crippen molar-refractivity contribution in [1.82, 2.24) is 15.3 Å². The fourth-order valence-corrected chi connectivity index (χ4v) is 2.30. The van der Waals surface area contributed by atoms with E-state index in [-0.39, 0.29) is 6.54 Å². The number of aromatic nitrogens is 2. The van der Waals surface area contributed by atoms with Crippen LogP contribution in [0.3, 0.4) is 0 Å². The number of pyridine rings is 1. The van der Waals surface area contributed by atoms with Crippen LogP contribution in [0.25, 0.3) is 10.9 Å². The lowest BCUT2D eigenvalue weighted by molar-refractivity contribution is -0.117. The molecule has 23 heavy (non-hydrogen) atoms. The van der Waals surface area contributed by atoms with Crippen LogP contribution < -0.4 is 10.1 Å². The summed E-state index contributed by atoms with van der Waals surface area (Å²) >= 11 is 0. The number of hydrogen-bond acceptors (Lipinski definition) is 4. The van der Waals surface area contributed by atoms with E-state index in [0.717, 1.165) is 11.1 Å². The number of rotatable bonds is 5. The molecule has 0 radical (unpaired) electrons. The maximum Gasteiger partial charge on any atom is 0.292 e. The second kappa shape index (κ2) is 6.31. The Morgan fingerprint density at radius 2 is 2.00 bits per heavy atom. The van der Waals surface area contributed by atoms with Crippen molar-refractivity contribution in [2.45, 2.75) is 6.54 Å². The molecule has 0 saturated carbocycles. The highest BCUT2D eigenvalue weighted by molar-refractivity contribution is 6.44. The third kappa shape index (κ3) is 3.06. The predicted molar refractivity (Wildman–Crippen MR) is 85.3 cm³/mol. The van der Waals surface area contributed by atoms with Crippen LogP contribution in [0.4, 0.5) is 0 Å². The molecule has 6 nitrogen and oxygen atoms in total. The molecule has 2 heterocycles.